The number of rotatable bonds is 4. The van der Waals surface area contributed by atoms with Crippen molar-refractivity contribution in [1.29, 1.82) is 0 Å². The Morgan fingerprint density at radius 2 is 1.42 bits per heavy atom. The van der Waals surface area contributed by atoms with Crippen molar-refractivity contribution in [2.75, 3.05) is 0 Å². The first-order chi connectivity index (χ1) is 15.4. The van der Waals surface area contributed by atoms with Crippen molar-refractivity contribution in [2.24, 2.45) is 0 Å². The van der Waals surface area contributed by atoms with Crippen LogP contribution in [-0.4, -0.2) is 13.5 Å². The van der Waals surface area contributed by atoms with E-state index in [1.54, 1.807) is 11.1 Å². The first-order valence-corrected chi connectivity index (χ1v) is 27.8. The summed E-state index contributed by atoms with van der Waals surface area (Å²) >= 11 is -3.18. The van der Waals surface area contributed by atoms with Crippen LogP contribution >= 0.6 is 8.51 Å². The molecule has 2 aromatic rings. The predicted molar refractivity (Wildman–Crippen MR) is 150 cm³/mol. The van der Waals surface area contributed by atoms with Crippen LogP contribution in [0.1, 0.15) is 42.4 Å². The van der Waals surface area contributed by atoms with Crippen LogP contribution in [-0.2, 0) is 17.7 Å². The zero-order chi connectivity index (χ0) is 24.3. The minimum absolute atomic E-state index is 0.440. The second-order valence-corrected chi connectivity index (χ2v) is 42.9. The number of hydrogen-bond donors (Lipinski definition) is 0. The summed E-state index contributed by atoms with van der Waals surface area (Å²) in [6, 6.07) is 16.3. The topological polar surface area (TPSA) is 0 Å². The Morgan fingerprint density at radius 1 is 0.848 bits per heavy atom. The molecule has 4 rings (SSSR count). The van der Waals surface area contributed by atoms with Gasteiger partial charge in [-0.1, -0.05) is 0 Å². The van der Waals surface area contributed by atoms with Gasteiger partial charge in [0.2, 0.25) is 0 Å². The van der Waals surface area contributed by atoms with Gasteiger partial charge in [-0.15, -0.1) is 0 Å². The molecule has 2 aromatic carbocycles. The molecule has 0 radical (unpaired) electrons. The van der Waals surface area contributed by atoms with E-state index in [2.05, 4.69) is 115 Å². The van der Waals surface area contributed by atoms with Gasteiger partial charge < -0.3 is 0 Å². The van der Waals surface area contributed by atoms with Gasteiger partial charge >= 0.3 is 212 Å². The molecule has 33 heavy (non-hydrogen) atoms. The van der Waals surface area contributed by atoms with Crippen molar-refractivity contribution in [2.45, 2.75) is 67.7 Å². The maximum atomic E-state index is 8.04. The quantitative estimate of drug-likeness (QED) is 0.323. The fourth-order valence-corrected chi connectivity index (χ4v) is 31.9. The minimum atomic E-state index is -3.18. The molecule has 2 unspecified atom stereocenters. The van der Waals surface area contributed by atoms with Gasteiger partial charge in [-0.3, -0.25) is 0 Å². The average molecular weight is 569 g/mol. The molecule has 0 heterocycles. The first kappa shape index (κ1) is 25.4. The fraction of sp³-hybridized carbons (Fsp3) is 0.379. The summed E-state index contributed by atoms with van der Waals surface area (Å²) in [6.45, 7) is 21.5. The van der Waals surface area contributed by atoms with Crippen LogP contribution in [0.3, 0.4) is 0 Å². The van der Waals surface area contributed by atoms with Gasteiger partial charge in [0.25, 0.3) is 0 Å². The normalized spacial score (nSPS) is 20.5. The van der Waals surface area contributed by atoms with E-state index in [4.69, 9.17) is 8.51 Å². The molecule has 0 aromatic heterocycles. The van der Waals surface area contributed by atoms with E-state index in [1.165, 1.54) is 38.6 Å². The summed E-state index contributed by atoms with van der Waals surface area (Å²) in [7, 11) is 6.75. The van der Waals surface area contributed by atoms with Gasteiger partial charge in [0.1, 0.15) is 0 Å². The maximum absolute atomic E-state index is 8.04. The van der Waals surface area contributed by atoms with Crippen LogP contribution in [0.25, 0.3) is 17.2 Å². The molecule has 0 N–H and O–H groups in total. The number of hydrogen-bond acceptors (Lipinski definition) is 0. The summed E-state index contributed by atoms with van der Waals surface area (Å²) in [6.07, 6.45) is 4.89. The van der Waals surface area contributed by atoms with Crippen molar-refractivity contribution in [3.05, 3.63) is 82.0 Å². The van der Waals surface area contributed by atoms with Crippen LogP contribution < -0.4 is 5.19 Å². The molecule has 0 amide bonds. The predicted octanol–water partition coefficient (Wildman–Crippen LogP) is 9.00. The van der Waals surface area contributed by atoms with E-state index in [0.717, 1.165) is 0 Å². The summed E-state index contributed by atoms with van der Waals surface area (Å²) in [5.74, 6) is 0. The van der Waals surface area contributed by atoms with E-state index < -0.39 is 31.2 Å². The van der Waals surface area contributed by atoms with E-state index in [-0.39, 0.29) is 0 Å². The van der Waals surface area contributed by atoms with Crippen molar-refractivity contribution >= 4 is 33.3 Å². The van der Waals surface area contributed by atoms with Crippen LogP contribution in [0.15, 0.2) is 70.8 Å². The average Bonchev–Trinajstić information content (AvgIpc) is 3.29. The van der Waals surface area contributed by atoms with Crippen molar-refractivity contribution in [3.8, 4) is 11.1 Å². The van der Waals surface area contributed by atoms with Gasteiger partial charge in [0.15, 0.2) is 0 Å². The molecule has 2 atom stereocenters. The molecule has 2 aliphatic carbocycles. The zero-order valence-corrected chi connectivity index (χ0v) is 26.9. The molecular formula is C29H38ClSi2Zr. The van der Waals surface area contributed by atoms with Crippen molar-refractivity contribution < 1.29 is 17.7 Å². The standard InChI is InChI=1S/C18H19Si.C9H13.C2H6Si.ClH.Zr/c1-19(2,3)16-12-10-15(11-13-16)18-9-5-7-14-6-4-8-17(14)18;1-6-5-7(2)9(4)8(6)3;1-3-2;;/h4-13H,1-3H3;5H,1-4H3;1-2H3;1H;/q;;;;+1/p-1. The zero-order valence-electron chi connectivity index (χ0n) is 21.7. The molecule has 0 aliphatic heterocycles. The Labute approximate surface area is 210 Å². The SMILES string of the molecule is CC1=C(C)[CH]([Zr]([Cl])([CH]2C=Cc3c(-c4ccc([Si](C)(C)C)cc4)cccc32)=[Si](C)C)C(C)=C1C. The van der Waals surface area contributed by atoms with E-state index in [9.17, 15) is 0 Å². The van der Waals surface area contributed by atoms with Crippen LogP contribution in [0.5, 0.6) is 0 Å². The third-order valence-corrected chi connectivity index (χ3v) is 43.7. The fourth-order valence-electron chi connectivity index (χ4n) is 5.86. The third kappa shape index (κ3) is 4.16. The van der Waals surface area contributed by atoms with Crippen LogP contribution in [0.4, 0.5) is 0 Å². The van der Waals surface area contributed by atoms with E-state index in [1.807, 2.05) is 0 Å². The molecule has 0 fully saturated rings. The van der Waals surface area contributed by atoms with E-state index in [0.29, 0.717) is 7.25 Å². The monoisotopic (exact) mass is 567 g/mol. The van der Waals surface area contributed by atoms with Crippen molar-refractivity contribution in [3.63, 3.8) is 0 Å². The molecule has 0 saturated carbocycles. The Bertz CT molecular complexity index is 1240. The van der Waals surface area contributed by atoms with E-state index >= 15 is 0 Å². The second kappa shape index (κ2) is 9.05. The molecule has 4 heteroatoms. The molecule has 0 spiro atoms. The Balaban J connectivity index is 1.83. The van der Waals surface area contributed by atoms with Gasteiger partial charge in [0.05, 0.1) is 0 Å². The number of allylic oxidation sites excluding steroid dienone is 5. The van der Waals surface area contributed by atoms with Crippen molar-refractivity contribution in [1.82, 2.24) is 0 Å². The molecule has 0 bridgehead atoms. The Kier molecular flexibility index (Phi) is 6.95. The van der Waals surface area contributed by atoms with Gasteiger partial charge in [-0.25, -0.2) is 0 Å². The number of halogens is 1. The van der Waals surface area contributed by atoms with Crippen LogP contribution in [0, 0.1) is 0 Å². The van der Waals surface area contributed by atoms with Gasteiger partial charge in [-0.05, 0) is 0 Å². The molecular weight excluding hydrogens is 531 g/mol. The molecule has 2 aliphatic rings. The van der Waals surface area contributed by atoms with Gasteiger partial charge in [0, 0.05) is 0 Å². The molecule has 0 saturated heterocycles. The summed E-state index contributed by atoms with van der Waals surface area (Å²) in [5.41, 5.74) is 11.0. The van der Waals surface area contributed by atoms with Crippen LogP contribution in [0.2, 0.25) is 36.4 Å². The second-order valence-electron chi connectivity index (χ2n) is 11.3. The summed E-state index contributed by atoms with van der Waals surface area (Å²) in [4.78, 5) is 0. The van der Waals surface area contributed by atoms with Gasteiger partial charge in [-0.2, -0.15) is 0 Å². The molecule has 0 nitrogen and oxygen atoms in total. The summed E-state index contributed by atoms with van der Waals surface area (Å²) in [5, 5.41) is 1.52. The summed E-state index contributed by atoms with van der Waals surface area (Å²) < 4.78 is 0.958. The molecule has 173 valence electrons. The Morgan fingerprint density at radius 3 is 1.94 bits per heavy atom. The third-order valence-electron chi connectivity index (χ3n) is 8.24. The number of fused-ring (bicyclic) bond motifs is 1. The first-order valence-electron chi connectivity index (χ1n) is 12.2. The Hall–Kier alpha value is -0.733. The number of benzene rings is 2.